The smallest absolute Gasteiger partial charge is 0.131 e. The number of nitrogens with one attached hydrogen (secondary N) is 1. The Kier molecular flexibility index (Phi) is 3.80. The lowest BCUT2D eigenvalue weighted by Crippen LogP contribution is -2.21. The minimum absolute atomic E-state index is 0.464. The van der Waals surface area contributed by atoms with Gasteiger partial charge in [-0.25, -0.2) is 4.98 Å². The van der Waals surface area contributed by atoms with Gasteiger partial charge < -0.3 is 10.1 Å². The first kappa shape index (κ1) is 12.6. The Bertz CT molecular complexity index is 539. The summed E-state index contributed by atoms with van der Waals surface area (Å²) in [5.41, 5.74) is 5.67. The van der Waals surface area contributed by atoms with Crippen LogP contribution in [0, 0.1) is 0 Å². The molecule has 1 N–H and O–H groups in total. The number of aromatic nitrogens is 1. The summed E-state index contributed by atoms with van der Waals surface area (Å²) >= 11 is 1.60. The molecule has 0 aliphatic heterocycles. The number of aryl methyl sites for hydroxylation is 1. The van der Waals surface area contributed by atoms with Crippen LogP contribution in [0.5, 0.6) is 5.75 Å². The Morgan fingerprint density at radius 1 is 1.47 bits per heavy atom. The van der Waals surface area contributed by atoms with E-state index in [1.54, 1.807) is 11.3 Å². The van der Waals surface area contributed by atoms with Gasteiger partial charge in [-0.2, -0.15) is 0 Å². The molecule has 0 radical (unpaired) electrons. The molecule has 3 nitrogen and oxygen atoms in total. The van der Waals surface area contributed by atoms with E-state index in [9.17, 15) is 0 Å². The predicted octanol–water partition coefficient (Wildman–Crippen LogP) is 3.32. The van der Waals surface area contributed by atoms with E-state index < -0.39 is 0 Å². The lowest BCUT2D eigenvalue weighted by molar-refractivity contribution is 0.301. The molecular weight excluding hydrogens is 256 g/mol. The molecule has 1 aromatic carbocycles. The fourth-order valence-electron chi connectivity index (χ4n) is 2.63. The van der Waals surface area contributed by atoms with E-state index in [4.69, 9.17) is 4.74 Å². The number of hydrogen-bond acceptors (Lipinski definition) is 4. The number of hydrogen-bond donors (Lipinski definition) is 1. The molecule has 2 aromatic rings. The number of ether oxygens (including phenoxy) is 1. The zero-order valence-corrected chi connectivity index (χ0v) is 11.9. The second-order valence-electron chi connectivity index (χ2n) is 4.86. The molecule has 1 aliphatic rings. The quantitative estimate of drug-likeness (QED) is 0.928. The summed E-state index contributed by atoms with van der Waals surface area (Å²) < 4.78 is 5.83. The number of fused-ring (bicyclic) bond motifs is 1. The van der Waals surface area contributed by atoms with Gasteiger partial charge in [-0.1, -0.05) is 6.07 Å². The van der Waals surface area contributed by atoms with Gasteiger partial charge in [0.25, 0.3) is 0 Å². The third kappa shape index (κ3) is 2.80. The highest BCUT2D eigenvalue weighted by Gasteiger charge is 2.19. The number of nitrogens with zero attached hydrogens (tertiary/aromatic N) is 1. The van der Waals surface area contributed by atoms with Crippen LogP contribution >= 0.6 is 11.3 Å². The van der Waals surface area contributed by atoms with Crippen molar-refractivity contribution in [2.75, 3.05) is 7.05 Å². The van der Waals surface area contributed by atoms with Crippen molar-refractivity contribution in [1.29, 1.82) is 0 Å². The molecule has 0 spiro atoms. The van der Waals surface area contributed by atoms with E-state index in [2.05, 4.69) is 28.5 Å². The first-order valence-corrected chi connectivity index (χ1v) is 7.61. The van der Waals surface area contributed by atoms with Crippen molar-refractivity contribution < 1.29 is 4.74 Å². The molecule has 1 aromatic heterocycles. The molecule has 0 saturated carbocycles. The van der Waals surface area contributed by atoms with Gasteiger partial charge in [-0.3, -0.25) is 0 Å². The highest BCUT2D eigenvalue weighted by Crippen LogP contribution is 2.32. The SMILES string of the molecule is CNC1CCCc2ccc(OCc3cscn3)cc21. The Hall–Kier alpha value is -1.39. The predicted molar refractivity (Wildman–Crippen MR) is 77.6 cm³/mol. The van der Waals surface area contributed by atoms with E-state index in [0.717, 1.165) is 11.4 Å². The van der Waals surface area contributed by atoms with E-state index in [0.29, 0.717) is 12.6 Å². The maximum absolute atomic E-state index is 5.83. The lowest BCUT2D eigenvalue weighted by atomic mass is 9.87. The third-order valence-corrected chi connectivity index (χ3v) is 4.29. The summed E-state index contributed by atoms with van der Waals surface area (Å²) in [4.78, 5) is 4.23. The minimum atomic E-state index is 0.464. The van der Waals surface area contributed by atoms with Crippen LogP contribution in [0.2, 0.25) is 0 Å². The Morgan fingerprint density at radius 2 is 2.42 bits per heavy atom. The van der Waals surface area contributed by atoms with Crippen molar-refractivity contribution in [3.63, 3.8) is 0 Å². The molecule has 3 rings (SSSR count). The van der Waals surface area contributed by atoms with E-state index in [1.807, 2.05) is 17.9 Å². The summed E-state index contributed by atoms with van der Waals surface area (Å²) in [7, 11) is 2.03. The van der Waals surface area contributed by atoms with Gasteiger partial charge in [-0.05, 0) is 49.6 Å². The van der Waals surface area contributed by atoms with Crippen molar-refractivity contribution in [3.05, 3.63) is 45.9 Å². The molecule has 0 fully saturated rings. The monoisotopic (exact) mass is 274 g/mol. The molecular formula is C15H18N2OS. The molecule has 0 saturated heterocycles. The fourth-order valence-corrected chi connectivity index (χ4v) is 3.18. The van der Waals surface area contributed by atoms with Gasteiger partial charge in [0.05, 0.1) is 11.2 Å². The molecule has 4 heteroatoms. The third-order valence-electron chi connectivity index (χ3n) is 3.65. The molecule has 1 aliphatic carbocycles. The van der Waals surface area contributed by atoms with E-state index in [1.165, 1.54) is 30.4 Å². The molecule has 1 atom stereocenters. The van der Waals surface area contributed by atoms with Crippen LogP contribution in [0.1, 0.15) is 35.7 Å². The first-order valence-electron chi connectivity index (χ1n) is 6.67. The lowest BCUT2D eigenvalue weighted by Gasteiger charge is -2.25. The summed E-state index contributed by atoms with van der Waals surface area (Å²) in [6, 6.07) is 6.92. The number of thiazole rings is 1. The van der Waals surface area contributed by atoms with Crippen LogP contribution in [-0.4, -0.2) is 12.0 Å². The number of rotatable bonds is 4. The fraction of sp³-hybridized carbons (Fsp3) is 0.400. The van der Waals surface area contributed by atoms with Gasteiger partial charge in [0, 0.05) is 11.4 Å². The van der Waals surface area contributed by atoms with Crippen LogP contribution in [0.4, 0.5) is 0 Å². The minimum Gasteiger partial charge on any atom is -0.487 e. The normalized spacial score (nSPS) is 18.1. The largest absolute Gasteiger partial charge is 0.487 e. The zero-order valence-electron chi connectivity index (χ0n) is 11.1. The highest BCUT2D eigenvalue weighted by molar-refractivity contribution is 7.07. The molecule has 19 heavy (non-hydrogen) atoms. The second-order valence-corrected chi connectivity index (χ2v) is 5.58. The maximum Gasteiger partial charge on any atom is 0.131 e. The molecule has 0 amide bonds. The molecule has 1 unspecified atom stereocenters. The van der Waals surface area contributed by atoms with Gasteiger partial charge >= 0.3 is 0 Å². The summed E-state index contributed by atoms with van der Waals surface area (Å²) in [6.07, 6.45) is 3.65. The average Bonchev–Trinajstić information content (AvgIpc) is 2.97. The Balaban J connectivity index is 1.76. The Labute approximate surface area is 117 Å². The Morgan fingerprint density at radius 3 is 3.21 bits per heavy atom. The van der Waals surface area contributed by atoms with Gasteiger partial charge in [0.15, 0.2) is 0 Å². The highest BCUT2D eigenvalue weighted by atomic mass is 32.1. The molecule has 100 valence electrons. The van der Waals surface area contributed by atoms with Crippen LogP contribution in [0.25, 0.3) is 0 Å². The average molecular weight is 274 g/mol. The topological polar surface area (TPSA) is 34.1 Å². The van der Waals surface area contributed by atoms with Gasteiger partial charge in [0.2, 0.25) is 0 Å². The standard InChI is InChI=1S/C15H18N2OS/c1-16-15-4-2-3-11-5-6-13(7-14(11)15)18-8-12-9-19-10-17-12/h5-7,9-10,15-16H,2-4,8H2,1H3. The van der Waals surface area contributed by atoms with Crippen molar-refractivity contribution >= 4 is 11.3 Å². The van der Waals surface area contributed by atoms with Crippen LogP contribution < -0.4 is 10.1 Å². The van der Waals surface area contributed by atoms with E-state index >= 15 is 0 Å². The summed E-state index contributed by atoms with van der Waals surface area (Å²) in [5, 5.41) is 5.41. The van der Waals surface area contributed by atoms with E-state index in [-0.39, 0.29) is 0 Å². The first-order chi connectivity index (χ1) is 9.36. The van der Waals surface area contributed by atoms with Crippen molar-refractivity contribution in [3.8, 4) is 5.75 Å². The van der Waals surface area contributed by atoms with Crippen LogP contribution in [-0.2, 0) is 13.0 Å². The zero-order chi connectivity index (χ0) is 13.1. The van der Waals surface area contributed by atoms with Crippen LogP contribution in [0.15, 0.2) is 29.1 Å². The second kappa shape index (κ2) is 5.72. The van der Waals surface area contributed by atoms with Crippen molar-refractivity contribution in [1.82, 2.24) is 10.3 Å². The molecule has 1 heterocycles. The number of benzene rings is 1. The summed E-state index contributed by atoms with van der Waals surface area (Å²) in [5.74, 6) is 0.939. The van der Waals surface area contributed by atoms with Gasteiger partial charge in [0.1, 0.15) is 12.4 Å². The van der Waals surface area contributed by atoms with Gasteiger partial charge in [-0.15, -0.1) is 11.3 Å². The van der Waals surface area contributed by atoms with Crippen molar-refractivity contribution in [2.24, 2.45) is 0 Å². The molecule has 0 bridgehead atoms. The summed E-state index contributed by atoms with van der Waals surface area (Å²) in [6.45, 7) is 0.548. The maximum atomic E-state index is 5.83. The van der Waals surface area contributed by atoms with Crippen molar-refractivity contribution in [2.45, 2.75) is 31.9 Å². The van der Waals surface area contributed by atoms with Crippen LogP contribution in [0.3, 0.4) is 0 Å².